The summed E-state index contributed by atoms with van der Waals surface area (Å²) in [6.07, 6.45) is 0.693. The lowest BCUT2D eigenvalue weighted by Gasteiger charge is -2.14. The smallest absolute Gasteiger partial charge is 0.343 e. The van der Waals surface area contributed by atoms with Crippen molar-refractivity contribution in [2.45, 2.75) is 13.3 Å². The lowest BCUT2D eigenvalue weighted by molar-refractivity contribution is 0.0735. The first-order valence-corrected chi connectivity index (χ1v) is 12.8. The average molecular weight is 513 g/mol. The van der Waals surface area contributed by atoms with Crippen molar-refractivity contribution in [1.29, 1.82) is 0 Å². The Morgan fingerprint density at radius 2 is 1.13 bits per heavy atom. The van der Waals surface area contributed by atoms with Gasteiger partial charge in [0.1, 0.15) is 11.5 Å². The van der Waals surface area contributed by atoms with Gasteiger partial charge in [0.2, 0.25) is 0 Å². The van der Waals surface area contributed by atoms with E-state index in [0.717, 1.165) is 39.1 Å². The first-order valence-electron chi connectivity index (χ1n) is 12.8. The molecule has 39 heavy (non-hydrogen) atoms. The first kappa shape index (κ1) is 25.7. The number of Topliss-reactive ketones (excluding diaryl/α,β-unsaturated/α-hetero) is 1. The maximum atomic E-state index is 13.0. The predicted octanol–water partition coefficient (Wildman–Crippen LogP) is 8.04. The van der Waals surface area contributed by atoms with Crippen LogP contribution in [0.4, 0.5) is 0 Å². The quantitative estimate of drug-likeness (QED) is 0.120. The number of benzene rings is 5. The highest BCUT2D eigenvalue weighted by atomic mass is 16.5. The molecule has 5 aromatic carbocycles. The van der Waals surface area contributed by atoms with Crippen molar-refractivity contribution >= 4 is 11.8 Å². The summed E-state index contributed by atoms with van der Waals surface area (Å²) in [4.78, 5) is 24.8. The Kier molecular flexibility index (Phi) is 7.65. The van der Waals surface area contributed by atoms with Crippen LogP contribution in [0.25, 0.3) is 22.3 Å². The molecule has 0 unspecified atom stereocenters. The summed E-state index contributed by atoms with van der Waals surface area (Å²) < 4.78 is 11.5. The fourth-order valence-electron chi connectivity index (χ4n) is 4.59. The lowest BCUT2D eigenvalue weighted by atomic mass is 9.96. The van der Waals surface area contributed by atoms with Crippen LogP contribution in [0.5, 0.6) is 11.5 Å². The van der Waals surface area contributed by atoms with Crippen molar-refractivity contribution in [3.63, 3.8) is 0 Å². The van der Waals surface area contributed by atoms with E-state index in [2.05, 4.69) is 30.3 Å². The molecule has 4 heteroatoms. The summed E-state index contributed by atoms with van der Waals surface area (Å²) in [6, 6.07) is 38.7. The molecule has 5 rings (SSSR count). The Labute approximate surface area is 228 Å². The average Bonchev–Trinajstić information content (AvgIpc) is 2.98. The van der Waals surface area contributed by atoms with E-state index in [4.69, 9.17) is 9.47 Å². The topological polar surface area (TPSA) is 52.6 Å². The summed E-state index contributed by atoms with van der Waals surface area (Å²) in [5, 5.41) is 0. The maximum absolute atomic E-state index is 13.0. The van der Waals surface area contributed by atoms with Gasteiger partial charge < -0.3 is 9.47 Å². The van der Waals surface area contributed by atoms with Gasteiger partial charge in [0.15, 0.2) is 5.78 Å². The third-order valence-electron chi connectivity index (χ3n) is 6.59. The van der Waals surface area contributed by atoms with Crippen LogP contribution in [-0.4, -0.2) is 18.9 Å². The lowest BCUT2D eigenvalue weighted by Crippen LogP contribution is -2.10. The van der Waals surface area contributed by atoms with E-state index < -0.39 is 5.97 Å². The van der Waals surface area contributed by atoms with Crippen LogP contribution in [0.15, 0.2) is 121 Å². The fourth-order valence-corrected chi connectivity index (χ4v) is 4.59. The number of rotatable bonds is 8. The van der Waals surface area contributed by atoms with Crippen molar-refractivity contribution in [2.24, 2.45) is 0 Å². The van der Waals surface area contributed by atoms with Crippen molar-refractivity contribution in [1.82, 2.24) is 0 Å². The standard InChI is InChI=1S/C35H28O4/c1-24(36)29-14-9-15-30(23-29)35(37)39-34-19-17-26(22-32(34)28-12-7-4-8-13-28)20-25-16-18-33(38-2)31(21-25)27-10-5-3-6-11-27/h3-19,21-23H,20H2,1-2H3. The van der Waals surface area contributed by atoms with Crippen LogP contribution in [0.2, 0.25) is 0 Å². The van der Waals surface area contributed by atoms with Gasteiger partial charge in [0.05, 0.1) is 12.7 Å². The molecule has 5 aromatic rings. The Morgan fingerprint density at radius 3 is 1.69 bits per heavy atom. The van der Waals surface area contributed by atoms with E-state index in [1.165, 1.54) is 6.92 Å². The molecule has 0 heterocycles. The molecule has 0 aliphatic heterocycles. The highest BCUT2D eigenvalue weighted by Gasteiger charge is 2.16. The number of methoxy groups -OCH3 is 1. The maximum Gasteiger partial charge on any atom is 0.343 e. The van der Waals surface area contributed by atoms with E-state index in [1.807, 2.05) is 66.7 Å². The van der Waals surface area contributed by atoms with Gasteiger partial charge in [0.25, 0.3) is 0 Å². The monoisotopic (exact) mass is 512 g/mol. The third-order valence-corrected chi connectivity index (χ3v) is 6.59. The minimum Gasteiger partial charge on any atom is -0.496 e. The number of ketones is 1. The Hall–Kier alpha value is -4.96. The minimum atomic E-state index is -0.509. The van der Waals surface area contributed by atoms with E-state index >= 15 is 0 Å². The normalized spacial score (nSPS) is 10.6. The number of carbonyl (C=O) groups is 2. The van der Waals surface area contributed by atoms with Gasteiger partial charge in [-0.3, -0.25) is 4.79 Å². The molecule has 0 N–H and O–H groups in total. The summed E-state index contributed by atoms with van der Waals surface area (Å²) >= 11 is 0. The molecule has 0 aromatic heterocycles. The van der Waals surface area contributed by atoms with Gasteiger partial charge in [-0.1, -0.05) is 84.9 Å². The van der Waals surface area contributed by atoms with E-state index in [0.29, 0.717) is 23.3 Å². The van der Waals surface area contributed by atoms with Crippen LogP contribution < -0.4 is 9.47 Å². The van der Waals surface area contributed by atoms with Crippen LogP contribution in [0, 0.1) is 0 Å². The number of hydrogen-bond donors (Lipinski definition) is 0. The van der Waals surface area contributed by atoms with Crippen molar-refractivity contribution in [3.8, 4) is 33.8 Å². The van der Waals surface area contributed by atoms with Gasteiger partial charge in [0, 0.05) is 16.7 Å². The van der Waals surface area contributed by atoms with Crippen LogP contribution in [-0.2, 0) is 6.42 Å². The molecule has 4 nitrogen and oxygen atoms in total. The molecule has 0 atom stereocenters. The molecular weight excluding hydrogens is 484 g/mol. The molecule has 0 saturated heterocycles. The number of esters is 1. The summed E-state index contributed by atoms with van der Waals surface area (Å²) in [5.74, 6) is 0.674. The largest absolute Gasteiger partial charge is 0.496 e. The molecule has 0 amide bonds. The minimum absolute atomic E-state index is 0.104. The Balaban J connectivity index is 1.47. The number of ether oxygens (including phenoxy) is 2. The first-order chi connectivity index (χ1) is 19.0. The second kappa shape index (κ2) is 11.6. The van der Waals surface area contributed by atoms with Gasteiger partial charge >= 0.3 is 5.97 Å². The van der Waals surface area contributed by atoms with Crippen LogP contribution >= 0.6 is 0 Å². The SMILES string of the molecule is COc1ccc(Cc2ccc(OC(=O)c3cccc(C(C)=O)c3)c(-c3ccccc3)c2)cc1-c1ccccc1. The van der Waals surface area contributed by atoms with E-state index in [9.17, 15) is 9.59 Å². The highest BCUT2D eigenvalue weighted by Crippen LogP contribution is 2.34. The molecule has 0 spiro atoms. The second-order valence-electron chi connectivity index (χ2n) is 9.30. The Bertz CT molecular complexity index is 1620. The molecule has 192 valence electrons. The molecule has 0 saturated carbocycles. The molecule has 0 fully saturated rings. The highest BCUT2D eigenvalue weighted by molar-refractivity contribution is 5.98. The van der Waals surface area contributed by atoms with Gasteiger partial charge in [-0.05, 0) is 72.0 Å². The number of hydrogen-bond acceptors (Lipinski definition) is 4. The van der Waals surface area contributed by atoms with E-state index in [-0.39, 0.29) is 5.78 Å². The molecule has 0 aliphatic rings. The van der Waals surface area contributed by atoms with Crippen LogP contribution in [0.1, 0.15) is 38.8 Å². The zero-order chi connectivity index (χ0) is 27.2. The number of carbonyl (C=O) groups excluding carboxylic acids is 2. The van der Waals surface area contributed by atoms with Gasteiger partial charge in [-0.2, -0.15) is 0 Å². The second-order valence-corrected chi connectivity index (χ2v) is 9.30. The summed E-state index contributed by atoms with van der Waals surface area (Å²) in [7, 11) is 1.68. The van der Waals surface area contributed by atoms with Gasteiger partial charge in [-0.25, -0.2) is 4.79 Å². The third kappa shape index (κ3) is 5.97. The summed E-state index contributed by atoms with van der Waals surface area (Å²) in [5.41, 5.74) is 6.92. The zero-order valence-electron chi connectivity index (χ0n) is 21.9. The Morgan fingerprint density at radius 1 is 0.590 bits per heavy atom. The summed E-state index contributed by atoms with van der Waals surface area (Å²) in [6.45, 7) is 1.47. The molecular formula is C35H28O4. The fraction of sp³-hybridized carbons (Fsp3) is 0.0857. The van der Waals surface area contributed by atoms with Crippen LogP contribution in [0.3, 0.4) is 0 Å². The molecule has 0 aliphatic carbocycles. The van der Waals surface area contributed by atoms with Gasteiger partial charge in [-0.15, -0.1) is 0 Å². The predicted molar refractivity (Wildman–Crippen MR) is 155 cm³/mol. The molecule has 0 bridgehead atoms. The zero-order valence-corrected chi connectivity index (χ0v) is 21.9. The van der Waals surface area contributed by atoms with Crippen molar-refractivity contribution < 1.29 is 19.1 Å². The van der Waals surface area contributed by atoms with E-state index in [1.54, 1.807) is 31.4 Å². The van der Waals surface area contributed by atoms with Crippen molar-refractivity contribution in [2.75, 3.05) is 7.11 Å². The molecule has 0 radical (unpaired) electrons. The van der Waals surface area contributed by atoms with Crippen molar-refractivity contribution in [3.05, 3.63) is 144 Å².